The molecule has 2 fully saturated rings. The maximum absolute atomic E-state index is 14.3. The Morgan fingerprint density at radius 2 is 1.94 bits per heavy atom. The fourth-order valence-corrected chi connectivity index (χ4v) is 5.82. The number of rotatable bonds is 6. The maximum Gasteiger partial charge on any atom is 0.237 e. The SMILES string of the molecule is COc1ccc(F)c(F)c1S(=O)(=O)c1ccc(CNC(=O)C2CC3CNCCC3N2)cc1. The van der Waals surface area contributed by atoms with Crippen molar-refractivity contribution in [1.29, 1.82) is 0 Å². The summed E-state index contributed by atoms with van der Waals surface area (Å²) in [6, 6.07) is 7.65. The molecule has 0 spiro atoms. The first-order valence-electron chi connectivity index (χ1n) is 10.4. The van der Waals surface area contributed by atoms with E-state index in [0.29, 0.717) is 17.5 Å². The molecule has 7 nitrogen and oxygen atoms in total. The number of fused-ring (bicyclic) bond motifs is 1. The molecule has 2 aromatic carbocycles. The summed E-state index contributed by atoms with van der Waals surface area (Å²) in [5.41, 5.74) is 0.682. The number of ether oxygens (including phenoxy) is 1. The molecule has 2 saturated heterocycles. The molecule has 0 radical (unpaired) electrons. The molecule has 4 rings (SSSR count). The van der Waals surface area contributed by atoms with Gasteiger partial charge >= 0.3 is 0 Å². The van der Waals surface area contributed by atoms with Crippen LogP contribution in [0.2, 0.25) is 0 Å². The molecule has 1 amide bonds. The minimum atomic E-state index is -4.35. The highest BCUT2D eigenvalue weighted by molar-refractivity contribution is 7.91. The van der Waals surface area contributed by atoms with E-state index in [9.17, 15) is 22.0 Å². The summed E-state index contributed by atoms with van der Waals surface area (Å²) in [5.74, 6) is -2.69. The van der Waals surface area contributed by atoms with Crippen LogP contribution in [0, 0.1) is 17.6 Å². The summed E-state index contributed by atoms with van der Waals surface area (Å²) >= 11 is 0. The third kappa shape index (κ3) is 4.35. The van der Waals surface area contributed by atoms with Gasteiger partial charge in [0.15, 0.2) is 16.5 Å². The summed E-state index contributed by atoms with van der Waals surface area (Å²) in [6.07, 6.45) is 1.78. The molecule has 3 unspecified atom stereocenters. The van der Waals surface area contributed by atoms with E-state index in [-0.39, 0.29) is 29.1 Å². The molecule has 10 heteroatoms. The largest absolute Gasteiger partial charge is 0.495 e. The van der Waals surface area contributed by atoms with Crippen molar-refractivity contribution in [2.75, 3.05) is 20.2 Å². The number of piperidine rings is 1. The van der Waals surface area contributed by atoms with Gasteiger partial charge in [0.1, 0.15) is 5.75 Å². The van der Waals surface area contributed by atoms with Crippen molar-refractivity contribution >= 4 is 15.7 Å². The van der Waals surface area contributed by atoms with E-state index in [4.69, 9.17) is 4.74 Å². The van der Waals surface area contributed by atoms with Crippen LogP contribution in [0.3, 0.4) is 0 Å². The first-order valence-corrected chi connectivity index (χ1v) is 11.9. The lowest BCUT2D eigenvalue weighted by atomic mass is 9.94. The second-order valence-corrected chi connectivity index (χ2v) is 9.96. The molecule has 32 heavy (non-hydrogen) atoms. The average molecular weight is 466 g/mol. The van der Waals surface area contributed by atoms with Gasteiger partial charge in [0.2, 0.25) is 15.7 Å². The monoisotopic (exact) mass is 465 g/mol. The highest BCUT2D eigenvalue weighted by Crippen LogP contribution is 2.33. The Labute approximate surface area is 185 Å². The van der Waals surface area contributed by atoms with E-state index in [2.05, 4.69) is 16.0 Å². The number of hydrogen-bond donors (Lipinski definition) is 3. The van der Waals surface area contributed by atoms with Crippen LogP contribution in [0.15, 0.2) is 46.2 Å². The van der Waals surface area contributed by atoms with Crippen LogP contribution in [0.4, 0.5) is 8.78 Å². The van der Waals surface area contributed by atoms with Gasteiger partial charge in [-0.2, -0.15) is 0 Å². The van der Waals surface area contributed by atoms with Crippen LogP contribution in [0.25, 0.3) is 0 Å². The Bertz CT molecular complexity index is 1090. The predicted molar refractivity (Wildman–Crippen MR) is 113 cm³/mol. The Morgan fingerprint density at radius 1 is 1.19 bits per heavy atom. The van der Waals surface area contributed by atoms with Gasteiger partial charge in [-0.15, -0.1) is 0 Å². The smallest absolute Gasteiger partial charge is 0.237 e. The zero-order chi connectivity index (χ0) is 22.9. The molecule has 0 aromatic heterocycles. The lowest BCUT2D eigenvalue weighted by molar-refractivity contribution is -0.123. The number of sulfone groups is 1. The third-order valence-corrected chi connectivity index (χ3v) is 7.89. The molecule has 2 aliphatic heterocycles. The van der Waals surface area contributed by atoms with Gasteiger partial charge in [-0.05, 0) is 61.7 Å². The van der Waals surface area contributed by atoms with Crippen molar-refractivity contribution in [3.05, 3.63) is 53.6 Å². The molecule has 2 heterocycles. The van der Waals surface area contributed by atoms with Crippen molar-refractivity contribution in [3.63, 3.8) is 0 Å². The Hall–Kier alpha value is -2.56. The molecular formula is C22H25F2N3O4S. The fourth-order valence-electron chi connectivity index (χ4n) is 4.34. The minimum Gasteiger partial charge on any atom is -0.495 e. The van der Waals surface area contributed by atoms with Gasteiger partial charge in [0.25, 0.3) is 0 Å². The fraction of sp³-hybridized carbons (Fsp3) is 0.409. The molecule has 2 aromatic rings. The van der Waals surface area contributed by atoms with Gasteiger partial charge in [-0.25, -0.2) is 17.2 Å². The highest BCUT2D eigenvalue weighted by Gasteiger charge is 2.38. The number of halogens is 2. The molecule has 0 aliphatic carbocycles. The Morgan fingerprint density at radius 3 is 2.62 bits per heavy atom. The number of benzene rings is 2. The van der Waals surface area contributed by atoms with Crippen LogP contribution >= 0.6 is 0 Å². The Kier molecular flexibility index (Phi) is 6.45. The second-order valence-electron chi connectivity index (χ2n) is 8.07. The van der Waals surface area contributed by atoms with Crippen molar-refractivity contribution in [2.24, 2.45) is 5.92 Å². The van der Waals surface area contributed by atoms with Crippen LogP contribution in [-0.2, 0) is 21.2 Å². The maximum atomic E-state index is 14.3. The van der Waals surface area contributed by atoms with Crippen molar-refractivity contribution in [3.8, 4) is 5.75 Å². The summed E-state index contributed by atoms with van der Waals surface area (Å²) < 4.78 is 58.7. The van der Waals surface area contributed by atoms with Crippen molar-refractivity contribution < 1.29 is 26.7 Å². The van der Waals surface area contributed by atoms with Crippen molar-refractivity contribution in [1.82, 2.24) is 16.0 Å². The molecular weight excluding hydrogens is 440 g/mol. The summed E-state index contributed by atoms with van der Waals surface area (Å²) in [6.45, 7) is 2.08. The molecule has 2 aliphatic rings. The average Bonchev–Trinajstić information content (AvgIpc) is 3.23. The molecule has 0 bridgehead atoms. The van der Waals surface area contributed by atoms with Gasteiger partial charge in [0, 0.05) is 12.6 Å². The van der Waals surface area contributed by atoms with Crippen LogP contribution in [0.1, 0.15) is 18.4 Å². The number of carbonyl (C=O) groups is 1. The lowest BCUT2D eigenvalue weighted by Crippen LogP contribution is -2.45. The van der Waals surface area contributed by atoms with Crippen LogP contribution in [0.5, 0.6) is 5.75 Å². The second kappa shape index (κ2) is 9.13. The Balaban J connectivity index is 1.43. The number of amides is 1. The van der Waals surface area contributed by atoms with Crippen molar-refractivity contribution in [2.45, 2.75) is 41.3 Å². The molecule has 172 valence electrons. The van der Waals surface area contributed by atoms with Crippen LogP contribution < -0.4 is 20.7 Å². The third-order valence-electron chi connectivity index (χ3n) is 6.08. The number of nitrogens with one attached hydrogen (secondary N) is 3. The molecule has 0 saturated carbocycles. The summed E-state index contributed by atoms with van der Waals surface area (Å²) in [4.78, 5) is 11.5. The van der Waals surface area contributed by atoms with E-state index in [1.165, 1.54) is 31.4 Å². The number of carbonyl (C=O) groups excluding carboxylic acids is 1. The lowest BCUT2D eigenvalue weighted by Gasteiger charge is -2.25. The first kappa shape index (κ1) is 22.6. The van der Waals surface area contributed by atoms with Gasteiger partial charge in [-0.3, -0.25) is 4.79 Å². The standard InChI is InChI=1S/C22H25F2N3O4S/c1-31-19-7-6-16(23)20(24)21(19)32(29,30)15-4-2-13(3-5-15)11-26-22(28)18-10-14-12-25-9-8-17(14)27-18/h2-7,14,17-18,25,27H,8-12H2,1H3,(H,26,28). The van der Waals surface area contributed by atoms with Gasteiger partial charge in [-0.1, -0.05) is 12.1 Å². The van der Waals surface area contributed by atoms with Crippen LogP contribution in [-0.4, -0.2) is 46.6 Å². The number of methoxy groups -OCH3 is 1. The quantitative estimate of drug-likeness (QED) is 0.602. The van der Waals surface area contributed by atoms with E-state index in [1.807, 2.05) is 0 Å². The van der Waals surface area contributed by atoms with Gasteiger partial charge in [0.05, 0.1) is 18.0 Å². The first-order chi connectivity index (χ1) is 15.3. The minimum absolute atomic E-state index is 0.0948. The van der Waals surface area contributed by atoms with E-state index >= 15 is 0 Å². The zero-order valence-corrected chi connectivity index (χ0v) is 18.3. The van der Waals surface area contributed by atoms with E-state index in [1.54, 1.807) is 0 Å². The van der Waals surface area contributed by atoms with Gasteiger partial charge < -0.3 is 20.7 Å². The number of hydrogen-bond acceptors (Lipinski definition) is 6. The molecule has 3 atom stereocenters. The highest BCUT2D eigenvalue weighted by atomic mass is 32.2. The zero-order valence-electron chi connectivity index (χ0n) is 17.5. The molecule has 3 N–H and O–H groups in total. The normalized spacial score (nSPS) is 22.9. The predicted octanol–water partition coefficient (Wildman–Crippen LogP) is 1.76. The summed E-state index contributed by atoms with van der Waals surface area (Å²) in [7, 11) is -3.17. The van der Waals surface area contributed by atoms with E-state index in [0.717, 1.165) is 38.1 Å². The van der Waals surface area contributed by atoms with E-state index < -0.39 is 26.4 Å². The topological polar surface area (TPSA) is 96.5 Å². The summed E-state index contributed by atoms with van der Waals surface area (Å²) in [5, 5.41) is 9.61.